The molecule has 1 unspecified atom stereocenters. The smallest absolute Gasteiger partial charge is 0.306 e. The molecule has 2 rings (SSSR count). The molecule has 1 atom stereocenters. The maximum absolute atomic E-state index is 11.8. The molecule has 0 aromatic heterocycles. The first-order valence-corrected chi connectivity index (χ1v) is 5.37. The molecule has 0 fully saturated rings. The summed E-state index contributed by atoms with van der Waals surface area (Å²) < 4.78 is 4.60. The lowest BCUT2D eigenvalue weighted by Crippen LogP contribution is -2.27. The van der Waals surface area contributed by atoms with E-state index >= 15 is 0 Å². The van der Waals surface area contributed by atoms with E-state index in [4.69, 9.17) is 0 Å². The highest BCUT2D eigenvalue weighted by Crippen LogP contribution is 2.25. The van der Waals surface area contributed by atoms with Crippen LogP contribution in [0.15, 0.2) is 24.3 Å². The van der Waals surface area contributed by atoms with Gasteiger partial charge in [0, 0.05) is 12.3 Å². The largest absolute Gasteiger partial charge is 0.469 e. The van der Waals surface area contributed by atoms with Crippen LogP contribution in [-0.2, 0) is 27.2 Å². The van der Waals surface area contributed by atoms with E-state index in [-0.39, 0.29) is 24.1 Å². The van der Waals surface area contributed by atoms with Crippen LogP contribution in [0.3, 0.4) is 0 Å². The molecule has 1 aromatic rings. The van der Waals surface area contributed by atoms with Crippen molar-refractivity contribution in [2.75, 3.05) is 7.11 Å². The van der Waals surface area contributed by atoms with Crippen molar-refractivity contribution in [2.24, 2.45) is 5.92 Å². The van der Waals surface area contributed by atoms with Crippen LogP contribution >= 0.6 is 0 Å². The third-order valence-electron chi connectivity index (χ3n) is 3.05. The fraction of sp³-hybridized carbons (Fsp3) is 0.385. The molecule has 0 N–H and O–H groups in total. The summed E-state index contributed by atoms with van der Waals surface area (Å²) in [7, 11) is 1.35. The molecule has 3 nitrogen and oxygen atoms in total. The van der Waals surface area contributed by atoms with E-state index in [1.54, 1.807) is 0 Å². The number of ketones is 1. The number of carbonyl (C=O) groups excluding carboxylic acids is 2. The summed E-state index contributed by atoms with van der Waals surface area (Å²) in [6.07, 6.45) is 1.30. The summed E-state index contributed by atoms with van der Waals surface area (Å²) in [5.41, 5.74) is 2.27. The van der Waals surface area contributed by atoms with Gasteiger partial charge >= 0.3 is 5.97 Å². The second kappa shape index (κ2) is 4.47. The first kappa shape index (κ1) is 10.9. The van der Waals surface area contributed by atoms with Gasteiger partial charge in [0.2, 0.25) is 0 Å². The van der Waals surface area contributed by atoms with Crippen LogP contribution in [0, 0.1) is 5.92 Å². The van der Waals surface area contributed by atoms with E-state index in [9.17, 15) is 9.59 Å². The minimum Gasteiger partial charge on any atom is -0.469 e. The Morgan fingerprint density at radius 2 is 2.06 bits per heavy atom. The molecule has 0 saturated carbocycles. The maximum atomic E-state index is 11.8. The molecular weight excluding hydrogens is 204 g/mol. The maximum Gasteiger partial charge on any atom is 0.306 e. The number of ether oxygens (including phenoxy) is 1. The van der Waals surface area contributed by atoms with Crippen molar-refractivity contribution in [1.29, 1.82) is 0 Å². The van der Waals surface area contributed by atoms with E-state index in [0.29, 0.717) is 12.8 Å². The molecule has 0 bridgehead atoms. The molecular formula is C13H14O3. The number of rotatable bonds is 2. The van der Waals surface area contributed by atoms with Crippen molar-refractivity contribution in [3.8, 4) is 0 Å². The van der Waals surface area contributed by atoms with E-state index in [0.717, 1.165) is 5.56 Å². The highest BCUT2D eigenvalue weighted by molar-refractivity contribution is 5.88. The van der Waals surface area contributed by atoms with Gasteiger partial charge in [0.25, 0.3) is 0 Å². The summed E-state index contributed by atoms with van der Waals surface area (Å²) >= 11 is 0. The zero-order chi connectivity index (χ0) is 11.5. The standard InChI is InChI=1S/C13H14O3/c1-16-13(15)8-11-6-9-4-2-3-5-10(9)7-12(11)14/h2-5,11H,6-8H2,1H3. The van der Waals surface area contributed by atoms with Crippen LogP contribution in [-0.4, -0.2) is 18.9 Å². The van der Waals surface area contributed by atoms with Gasteiger partial charge in [-0.3, -0.25) is 9.59 Å². The molecule has 0 saturated heterocycles. The second-order valence-corrected chi connectivity index (χ2v) is 4.09. The quantitative estimate of drug-likeness (QED) is 0.707. The van der Waals surface area contributed by atoms with Crippen molar-refractivity contribution in [3.63, 3.8) is 0 Å². The molecule has 1 aliphatic carbocycles. The van der Waals surface area contributed by atoms with E-state index < -0.39 is 0 Å². The molecule has 0 spiro atoms. The summed E-state index contributed by atoms with van der Waals surface area (Å²) in [5.74, 6) is -0.371. The molecule has 16 heavy (non-hydrogen) atoms. The molecule has 3 heteroatoms. The molecule has 0 aliphatic heterocycles. The Morgan fingerprint density at radius 3 is 2.75 bits per heavy atom. The average molecular weight is 218 g/mol. The fourth-order valence-corrected chi connectivity index (χ4v) is 2.11. The normalized spacial score (nSPS) is 19.1. The summed E-state index contributed by atoms with van der Waals surface area (Å²) in [6.45, 7) is 0. The number of carbonyl (C=O) groups is 2. The highest BCUT2D eigenvalue weighted by Gasteiger charge is 2.28. The lowest BCUT2D eigenvalue weighted by molar-refractivity contribution is -0.143. The van der Waals surface area contributed by atoms with E-state index in [1.165, 1.54) is 12.7 Å². The van der Waals surface area contributed by atoms with Crippen molar-refractivity contribution in [1.82, 2.24) is 0 Å². The van der Waals surface area contributed by atoms with Gasteiger partial charge in [0.05, 0.1) is 13.5 Å². The number of Topliss-reactive ketones (excluding diaryl/α,β-unsaturated/α-hetero) is 1. The predicted octanol–water partition coefficient (Wildman–Crippen LogP) is 1.53. The first-order chi connectivity index (χ1) is 7.70. The highest BCUT2D eigenvalue weighted by atomic mass is 16.5. The van der Waals surface area contributed by atoms with Crippen LogP contribution < -0.4 is 0 Å². The van der Waals surface area contributed by atoms with Crippen LogP contribution in [0.25, 0.3) is 0 Å². The molecule has 84 valence electrons. The molecule has 0 amide bonds. The van der Waals surface area contributed by atoms with Gasteiger partial charge < -0.3 is 4.74 Å². The Bertz CT molecular complexity index is 423. The molecule has 1 aliphatic rings. The van der Waals surface area contributed by atoms with Crippen molar-refractivity contribution < 1.29 is 14.3 Å². The van der Waals surface area contributed by atoms with Crippen molar-refractivity contribution >= 4 is 11.8 Å². The Balaban J connectivity index is 2.15. The number of hydrogen-bond donors (Lipinski definition) is 0. The van der Waals surface area contributed by atoms with Gasteiger partial charge in [-0.15, -0.1) is 0 Å². The molecule has 1 aromatic carbocycles. The number of fused-ring (bicyclic) bond motifs is 1. The number of hydrogen-bond acceptors (Lipinski definition) is 3. The lowest BCUT2D eigenvalue weighted by atomic mass is 9.81. The van der Waals surface area contributed by atoms with Crippen LogP contribution in [0.4, 0.5) is 0 Å². The first-order valence-electron chi connectivity index (χ1n) is 5.37. The van der Waals surface area contributed by atoms with Gasteiger partial charge in [0.15, 0.2) is 0 Å². The summed E-state index contributed by atoms with van der Waals surface area (Å²) in [4.78, 5) is 23.0. The lowest BCUT2D eigenvalue weighted by Gasteiger charge is -2.22. The fourth-order valence-electron chi connectivity index (χ4n) is 2.11. The Labute approximate surface area is 94.4 Å². The van der Waals surface area contributed by atoms with Gasteiger partial charge in [-0.25, -0.2) is 0 Å². The SMILES string of the molecule is COC(=O)CC1Cc2ccccc2CC1=O. The second-order valence-electron chi connectivity index (χ2n) is 4.09. The van der Waals surface area contributed by atoms with Gasteiger partial charge in [-0.05, 0) is 17.5 Å². The van der Waals surface area contributed by atoms with E-state index in [1.807, 2.05) is 24.3 Å². The Morgan fingerprint density at radius 1 is 1.38 bits per heavy atom. The minimum absolute atomic E-state index is 0.143. The average Bonchev–Trinajstić information content (AvgIpc) is 2.30. The minimum atomic E-state index is -0.308. The van der Waals surface area contributed by atoms with Gasteiger partial charge in [-0.1, -0.05) is 24.3 Å². The van der Waals surface area contributed by atoms with Crippen LogP contribution in [0.1, 0.15) is 17.5 Å². The molecule has 0 heterocycles. The number of benzene rings is 1. The predicted molar refractivity (Wildman–Crippen MR) is 59.0 cm³/mol. The number of methoxy groups -OCH3 is 1. The zero-order valence-electron chi connectivity index (χ0n) is 9.23. The molecule has 0 radical (unpaired) electrons. The summed E-state index contributed by atoms with van der Waals surface area (Å²) in [6, 6.07) is 7.89. The third kappa shape index (κ3) is 2.13. The van der Waals surface area contributed by atoms with Crippen molar-refractivity contribution in [2.45, 2.75) is 19.3 Å². The van der Waals surface area contributed by atoms with Gasteiger partial charge in [0.1, 0.15) is 5.78 Å². The summed E-state index contributed by atoms with van der Waals surface area (Å²) in [5, 5.41) is 0. The van der Waals surface area contributed by atoms with E-state index in [2.05, 4.69) is 4.74 Å². The van der Waals surface area contributed by atoms with Crippen LogP contribution in [0.2, 0.25) is 0 Å². The number of esters is 1. The Kier molecular flexibility index (Phi) is 3.04. The Hall–Kier alpha value is -1.64. The van der Waals surface area contributed by atoms with Gasteiger partial charge in [-0.2, -0.15) is 0 Å². The van der Waals surface area contributed by atoms with Crippen LogP contribution in [0.5, 0.6) is 0 Å². The monoisotopic (exact) mass is 218 g/mol. The topological polar surface area (TPSA) is 43.4 Å². The third-order valence-corrected chi connectivity index (χ3v) is 3.05. The zero-order valence-corrected chi connectivity index (χ0v) is 9.23. The van der Waals surface area contributed by atoms with Crippen molar-refractivity contribution in [3.05, 3.63) is 35.4 Å².